The Morgan fingerprint density at radius 1 is 1.23 bits per heavy atom. The standard InChI is InChI=1S/C27H35NO6S/c1-7-35-13-12-33-27(31)22-17(5)28-19-14-16(4)21(26(30)32-6)25(29)24(19)23(22)18-10-8-9-11-20(18)34-15(2)3/h8-11,15-16,21,23,28H,7,12-14H2,1-6H3. The first-order valence-electron chi connectivity index (χ1n) is 12.0. The lowest BCUT2D eigenvalue weighted by molar-refractivity contribution is -0.151. The van der Waals surface area contributed by atoms with Crippen LogP contribution in [0.1, 0.15) is 52.5 Å². The summed E-state index contributed by atoms with van der Waals surface area (Å²) in [7, 11) is 1.29. The third-order valence-corrected chi connectivity index (χ3v) is 7.08. The van der Waals surface area contributed by atoms with Gasteiger partial charge in [0.1, 0.15) is 18.3 Å². The Morgan fingerprint density at radius 3 is 2.60 bits per heavy atom. The number of rotatable bonds is 9. The normalized spacial score (nSPS) is 22.0. The molecule has 0 saturated carbocycles. The fourth-order valence-electron chi connectivity index (χ4n) is 4.76. The summed E-state index contributed by atoms with van der Waals surface area (Å²) in [5.74, 6) is -1.07. The van der Waals surface area contributed by atoms with Gasteiger partial charge in [0.2, 0.25) is 0 Å². The number of para-hydroxylation sites is 1. The Balaban J connectivity index is 2.14. The van der Waals surface area contributed by atoms with Crippen molar-refractivity contribution in [3.05, 3.63) is 52.4 Å². The van der Waals surface area contributed by atoms with Gasteiger partial charge in [-0.05, 0) is 44.9 Å². The number of carbonyl (C=O) groups excluding carboxylic acids is 3. The molecule has 35 heavy (non-hydrogen) atoms. The lowest BCUT2D eigenvalue weighted by Gasteiger charge is -2.38. The van der Waals surface area contributed by atoms with E-state index in [9.17, 15) is 14.4 Å². The maximum atomic E-state index is 13.8. The predicted octanol–water partition coefficient (Wildman–Crippen LogP) is 4.38. The monoisotopic (exact) mass is 501 g/mol. The van der Waals surface area contributed by atoms with Crippen LogP contribution in [0.3, 0.4) is 0 Å². The first-order valence-corrected chi connectivity index (χ1v) is 13.2. The fraction of sp³-hybridized carbons (Fsp3) is 0.519. The molecule has 0 radical (unpaired) electrons. The van der Waals surface area contributed by atoms with Gasteiger partial charge in [-0.3, -0.25) is 9.59 Å². The summed E-state index contributed by atoms with van der Waals surface area (Å²) >= 11 is 1.69. The van der Waals surface area contributed by atoms with E-state index in [1.54, 1.807) is 11.8 Å². The van der Waals surface area contributed by atoms with E-state index in [1.165, 1.54) is 7.11 Å². The van der Waals surface area contributed by atoms with Crippen LogP contribution < -0.4 is 10.1 Å². The summed E-state index contributed by atoms with van der Waals surface area (Å²) < 4.78 is 16.7. The van der Waals surface area contributed by atoms with Crippen LogP contribution in [-0.2, 0) is 23.9 Å². The summed E-state index contributed by atoms with van der Waals surface area (Å²) in [6.07, 6.45) is 0.375. The van der Waals surface area contributed by atoms with Crippen molar-refractivity contribution in [1.82, 2.24) is 5.32 Å². The molecule has 1 aliphatic heterocycles. The van der Waals surface area contributed by atoms with Crippen LogP contribution in [0.4, 0.5) is 0 Å². The van der Waals surface area contributed by atoms with Crippen molar-refractivity contribution in [2.24, 2.45) is 11.8 Å². The summed E-state index contributed by atoms with van der Waals surface area (Å²) in [4.78, 5) is 39.8. The van der Waals surface area contributed by atoms with Gasteiger partial charge in [-0.15, -0.1) is 0 Å². The van der Waals surface area contributed by atoms with Crippen molar-refractivity contribution >= 4 is 29.5 Å². The SMILES string of the molecule is CCSCCOC(=O)C1=C(C)NC2=C(C(=O)C(C(=O)OC)C(C)C2)C1c1ccccc1OC(C)C. The summed E-state index contributed by atoms with van der Waals surface area (Å²) in [6, 6.07) is 7.41. The van der Waals surface area contributed by atoms with Gasteiger partial charge in [0.15, 0.2) is 5.78 Å². The van der Waals surface area contributed by atoms with E-state index < -0.39 is 23.8 Å². The molecule has 1 aromatic carbocycles. The largest absolute Gasteiger partial charge is 0.491 e. The quantitative estimate of drug-likeness (QED) is 0.303. The fourth-order valence-corrected chi connectivity index (χ4v) is 5.25. The van der Waals surface area contributed by atoms with Crippen LogP contribution in [0.2, 0.25) is 0 Å². The summed E-state index contributed by atoms with van der Waals surface area (Å²) in [5.41, 5.74) is 2.81. The smallest absolute Gasteiger partial charge is 0.336 e. The number of ether oxygens (including phenoxy) is 3. The van der Waals surface area contributed by atoms with Crippen molar-refractivity contribution in [2.75, 3.05) is 25.2 Å². The second-order valence-corrected chi connectivity index (χ2v) is 10.5. The highest BCUT2D eigenvalue weighted by Crippen LogP contribution is 2.47. The molecule has 0 aromatic heterocycles. The Kier molecular flexibility index (Phi) is 9.05. The zero-order valence-corrected chi connectivity index (χ0v) is 22.1. The van der Waals surface area contributed by atoms with Crippen LogP contribution in [0, 0.1) is 11.8 Å². The van der Waals surface area contributed by atoms with Crippen LogP contribution in [0.25, 0.3) is 0 Å². The average molecular weight is 502 g/mol. The molecule has 190 valence electrons. The molecule has 0 amide bonds. The number of allylic oxidation sites excluding steroid dienone is 3. The second-order valence-electron chi connectivity index (χ2n) is 9.07. The maximum absolute atomic E-state index is 13.8. The summed E-state index contributed by atoms with van der Waals surface area (Å²) in [5, 5.41) is 3.29. The second kappa shape index (κ2) is 11.8. The predicted molar refractivity (Wildman–Crippen MR) is 136 cm³/mol. The number of benzene rings is 1. The van der Waals surface area contributed by atoms with E-state index in [0.29, 0.717) is 40.3 Å². The van der Waals surface area contributed by atoms with E-state index >= 15 is 0 Å². The van der Waals surface area contributed by atoms with Crippen molar-refractivity contribution in [1.29, 1.82) is 0 Å². The van der Waals surface area contributed by atoms with Crippen LogP contribution >= 0.6 is 11.8 Å². The first kappa shape index (κ1) is 26.9. The van der Waals surface area contributed by atoms with E-state index in [4.69, 9.17) is 14.2 Å². The molecular formula is C27H35NO6S. The molecule has 1 aromatic rings. The van der Waals surface area contributed by atoms with Crippen molar-refractivity contribution in [2.45, 2.75) is 53.1 Å². The third-order valence-electron chi connectivity index (χ3n) is 6.22. The van der Waals surface area contributed by atoms with Crippen molar-refractivity contribution in [3.63, 3.8) is 0 Å². The van der Waals surface area contributed by atoms with E-state index in [1.807, 2.05) is 58.9 Å². The van der Waals surface area contributed by atoms with E-state index in [2.05, 4.69) is 5.32 Å². The van der Waals surface area contributed by atoms with E-state index in [0.717, 1.165) is 11.4 Å². The highest BCUT2D eigenvalue weighted by molar-refractivity contribution is 7.99. The minimum Gasteiger partial charge on any atom is -0.491 e. The number of hydrogen-bond donors (Lipinski definition) is 1. The number of Topliss-reactive ketones (excluding diaryl/α,β-unsaturated/α-hetero) is 1. The molecular weight excluding hydrogens is 466 g/mol. The molecule has 1 N–H and O–H groups in total. The third kappa shape index (κ3) is 5.74. The van der Waals surface area contributed by atoms with Crippen LogP contribution in [0.15, 0.2) is 46.8 Å². The van der Waals surface area contributed by atoms with Gasteiger partial charge >= 0.3 is 11.9 Å². The topological polar surface area (TPSA) is 90.9 Å². The molecule has 3 atom stereocenters. The van der Waals surface area contributed by atoms with Crippen molar-refractivity contribution in [3.8, 4) is 5.75 Å². The first-order chi connectivity index (χ1) is 16.7. The molecule has 0 spiro atoms. The van der Waals surface area contributed by atoms with Gasteiger partial charge in [-0.25, -0.2) is 4.79 Å². The minimum atomic E-state index is -0.933. The number of nitrogens with one attached hydrogen (secondary N) is 1. The number of ketones is 1. The molecule has 0 bridgehead atoms. The van der Waals surface area contributed by atoms with Gasteiger partial charge in [-0.1, -0.05) is 32.0 Å². The number of dihydropyridines is 1. The molecule has 0 fully saturated rings. The van der Waals surface area contributed by atoms with Crippen LogP contribution in [0.5, 0.6) is 5.75 Å². The molecule has 8 heteroatoms. The number of carbonyl (C=O) groups is 3. The molecule has 3 rings (SSSR count). The molecule has 3 unspecified atom stereocenters. The molecule has 2 aliphatic rings. The number of thioether (sulfide) groups is 1. The van der Waals surface area contributed by atoms with Gasteiger partial charge in [0.25, 0.3) is 0 Å². The van der Waals surface area contributed by atoms with Gasteiger partial charge in [0, 0.05) is 28.3 Å². The van der Waals surface area contributed by atoms with Gasteiger partial charge < -0.3 is 19.5 Å². The maximum Gasteiger partial charge on any atom is 0.336 e. The lowest BCUT2D eigenvalue weighted by atomic mass is 9.69. The Hall–Kier alpha value is -2.74. The number of hydrogen-bond acceptors (Lipinski definition) is 8. The summed E-state index contributed by atoms with van der Waals surface area (Å²) in [6.45, 7) is 9.85. The minimum absolute atomic E-state index is 0.109. The van der Waals surface area contributed by atoms with Crippen LogP contribution in [-0.4, -0.2) is 49.0 Å². The Morgan fingerprint density at radius 2 is 1.94 bits per heavy atom. The molecule has 7 nitrogen and oxygen atoms in total. The Bertz CT molecular complexity index is 1040. The van der Waals surface area contributed by atoms with Gasteiger partial charge in [-0.2, -0.15) is 11.8 Å². The van der Waals surface area contributed by atoms with Crippen molar-refractivity contribution < 1.29 is 28.6 Å². The zero-order chi connectivity index (χ0) is 25.7. The highest BCUT2D eigenvalue weighted by Gasteiger charge is 2.47. The van der Waals surface area contributed by atoms with Gasteiger partial charge in [0.05, 0.1) is 24.7 Å². The zero-order valence-electron chi connectivity index (χ0n) is 21.3. The average Bonchev–Trinajstić information content (AvgIpc) is 2.80. The Labute approximate surface area is 211 Å². The lowest BCUT2D eigenvalue weighted by Crippen LogP contribution is -2.43. The molecule has 1 aliphatic carbocycles. The molecule has 0 saturated heterocycles. The number of esters is 2. The van der Waals surface area contributed by atoms with E-state index in [-0.39, 0.29) is 24.4 Å². The highest BCUT2D eigenvalue weighted by atomic mass is 32.2. The number of methoxy groups -OCH3 is 1. The molecule has 1 heterocycles.